The molecule has 0 aliphatic carbocycles. The summed E-state index contributed by atoms with van der Waals surface area (Å²) in [5.74, 6) is -0.377. The molecule has 9 heteroatoms. The molecule has 0 saturated carbocycles. The number of sulfone groups is 1. The van der Waals surface area contributed by atoms with E-state index in [-0.39, 0.29) is 21.4 Å². The minimum absolute atomic E-state index is 0.0156. The van der Waals surface area contributed by atoms with E-state index in [9.17, 15) is 18.0 Å². The predicted molar refractivity (Wildman–Crippen MR) is 104 cm³/mol. The highest BCUT2D eigenvalue weighted by molar-refractivity contribution is 7.91. The lowest BCUT2D eigenvalue weighted by atomic mass is 10.2. The lowest BCUT2D eigenvalue weighted by molar-refractivity contribution is -0.114. The molecule has 2 amide bonds. The van der Waals surface area contributed by atoms with Crippen molar-refractivity contribution in [2.24, 2.45) is 0 Å². The van der Waals surface area contributed by atoms with Crippen molar-refractivity contribution in [1.82, 2.24) is 4.90 Å². The summed E-state index contributed by atoms with van der Waals surface area (Å²) in [7, 11) is -3.80. The third-order valence-electron chi connectivity index (χ3n) is 4.53. The van der Waals surface area contributed by atoms with E-state index in [2.05, 4.69) is 5.32 Å². The topological polar surface area (TPSA) is 107 Å². The second-order valence-corrected chi connectivity index (χ2v) is 8.35. The van der Waals surface area contributed by atoms with Crippen LogP contribution in [-0.2, 0) is 14.6 Å². The van der Waals surface area contributed by atoms with Crippen molar-refractivity contribution in [3.05, 3.63) is 48.5 Å². The molecule has 1 saturated heterocycles. The molecular weight excluding hydrogens is 382 g/mol. The van der Waals surface area contributed by atoms with Crippen molar-refractivity contribution in [2.45, 2.75) is 16.7 Å². The molecule has 28 heavy (non-hydrogen) atoms. The van der Waals surface area contributed by atoms with E-state index in [1.165, 1.54) is 30.0 Å². The average Bonchev–Trinajstić information content (AvgIpc) is 2.68. The van der Waals surface area contributed by atoms with Gasteiger partial charge in [0.2, 0.25) is 15.7 Å². The van der Waals surface area contributed by atoms with Gasteiger partial charge in [0, 0.05) is 38.8 Å². The normalized spacial score (nSPS) is 14.6. The van der Waals surface area contributed by atoms with Gasteiger partial charge in [-0.3, -0.25) is 4.79 Å². The second-order valence-electron chi connectivity index (χ2n) is 6.43. The van der Waals surface area contributed by atoms with E-state index >= 15 is 0 Å². The van der Waals surface area contributed by atoms with Crippen LogP contribution in [0.4, 0.5) is 16.2 Å². The summed E-state index contributed by atoms with van der Waals surface area (Å²) in [6.07, 6.45) is -0.956. The first kappa shape index (κ1) is 19.7. The summed E-state index contributed by atoms with van der Waals surface area (Å²) >= 11 is 0. The van der Waals surface area contributed by atoms with E-state index in [1.54, 1.807) is 30.3 Å². The zero-order chi connectivity index (χ0) is 20.3. The first-order chi connectivity index (χ1) is 13.3. The SMILES string of the molecule is CC(=O)Nc1cc(N2CCN(C(=O)O)CC2)ccc1S(=O)(=O)c1ccccc1. The molecule has 148 valence electrons. The number of nitrogens with one attached hydrogen (secondary N) is 1. The number of anilines is 2. The maximum atomic E-state index is 13.0. The molecule has 0 atom stereocenters. The summed E-state index contributed by atoms with van der Waals surface area (Å²) in [5.41, 5.74) is 0.926. The van der Waals surface area contributed by atoms with E-state index in [1.807, 2.05) is 4.90 Å². The molecule has 1 aliphatic rings. The number of piperazine rings is 1. The Morgan fingerprint density at radius 1 is 1.00 bits per heavy atom. The third kappa shape index (κ3) is 4.09. The fraction of sp³-hybridized carbons (Fsp3) is 0.263. The van der Waals surface area contributed by atoms with Gasteiger partial charge in [-0.05, 0) is 30.3 Å². The first-order valence-electron chi connectivity index (χ1n) is 8.73. The van der Waals surface area contributed by atoms with Gasteiger partial charge in [-0.1, -0.05) is 18.2 Å². The van der Waals surface area contributed by atoms with Gasteiger partial charge in [0.15, 0.2) is 0 Å². The number of rotatable bonds is 4. The maximum absolute atomic E-state index is 13.0. The van der Waals surface area contributed by atoms with Crippen molar-refractivity contribution < 1.29 is 23.1 Å². The van der Waals surface area contributed by atoms with Gasteiger partial charge in [-0.15, -0.1) is 0 Å². The second kappa shape index (κ2) is 7.89. The first-order valence-corrected chi connectivity index (χ1v) is 10.2. The van der Waals surface area contributed by atoms with E-state index < -0.39 is 15.9 Å². The van der Waals surface area contributed by atoms with E-state index in [0.29, 0.717) is 26.2 Å². The monoisotopic (exact) mass is 403 g/mol. The van der Waals surface area contributed by atoms with Crippen molar-refractivity contribution in [3.8, 4) is 0 Å². The lowest BCUT2D eigenvalue weighted by Crippen LogP contribution is -2.48. The molecule has 8 nitrogen and oxygen atoms in total. The molecule has 0 radical (unpaired) electrons. The molecule has 2 aromatic carbocycles. The number of carbonyl (C=O) groups excluding carboxylic acids is 1. The van der Waals surface area contributed by atoms with Crippen LogP contribution in [0.2, 0.25) is 0 Å². The molecule has 3 rings (SSSR count). The fourth-order valence-corrected chi connectivity index (χ4v) is 4.53. The molecule has 0 aromatic heterocycles. The van der Waals surface area contributed by atoms with Crippen molar-refractivity contribution in [2.75, 3.05) is 36.4 Å². The Bertz CT molecular complexity index is 984. The van der Waals surface area contributed by atoms with Crippen LogP contribution in [0.3, 0.4) is 0 Å². The highest BCUT2D eigenvalue weighted by Crippen LogP contribution is 2.32. The van der Waals surface area contributed by atoms with Gasteiger partial charge in [-0.25, -0.2) is 13.2 Å². The van der Waals surface area contributed by atoms with Crippen LogP contribution in [-0.4, -0.2) is 56.6 Å². The molecule has 1 aliphatic heterocycles. The van der Waals surface area contributed by atoms with Gasteiger partial charge in [-0.2, -0.15) is 0 Å². The fourth-order valence-electron chi connectivity index (χ4n) is 3.12. The number of hydrogen-bond acceptors (Lipinski definition) is 5. The zero-order valence-corrected chi connectivity index (χ0v) is 16.1. The Morgan fingerprint density at radius 3 is 2.21 bits per heavy atom. The largest absolute Gasteiger partial charge is 0.465 e. The summed E-state index contributed by atoms with van der Waals surface area (Å²) in [6, 6.07) is 12.8. The number of benzene rings is 2. The molecule has 0 spiro atoms. The standard InChI is InChI=1S/C19H21N3O5S/c1-14(23)20-17-13-15(21-9-11-22(12-10-21)19(24)25)7-8-18(17)28(26,27)16-5-3-2-4-6-16/h2-8,13H,9-12H2,1H3,(H,20,23)(H,24,25). The summed E-state index contributed by atoms with van der Waals surface area (Å²) in [6.45, 7) is 2.99. The van der Waals surface area contributed by atoms with Crippen LogP contribution in [0.15, 0.2) is 58.3 Å². The Balaban J connectivity index is 1.95. The minimum Gasteiger partial charge on any atom is -0.465 e. The lowest BCUT2D eigenvalue weighted by Gasteiger charge is -2.35. The molecule has 0 unspecified atom stereocenters. The van der Waals surface area contributed by atoms with Crippen LogP contribution < -0.4 is 10.2 Å². The van der Waals surface area contributed by atoms with Crippen LogP contribution in [0.25, 0.3) is 0 Å². The van der Waals surface area contributed by atoms with E-state index in [0.717, 1.165) is 5.69 Å². The molecular formula is C19H21N3O5S. The Hall–Kier alpha value is -3.07. The Labute approximate surface area is 163 Å². The average molecular weight is 403 g/mol. The van der Waals surface area contributed by atoms with Gasteiger partial charge in [0.25, 0.3) is 0 Å². The Morgan fingerprint density at radius 2 is 1.64 bits per heavy atom. The quantitative estimate of drug-likeness (QED) is 0.811. The Kier molecular flexibility index (Phi) is 5.55. The number of hydrogen-bond donors (Lipinski definition) is 2. The third-order valence-corrected chi connectivity index (χ3v) is 6.36. The zero-order valence-electron chi connectivity index (χ0n) is 15.3. The van der Waals surface area contributed by atoms with Crippen molar-refractivity contribution in [3.63, 3.8) is 0 Å². The van der Waals surface area contributed by atoms with Crippen LogP contribution >= 0.6 is 0 Å². The summed E-state index contributed by atoms with van der Waals surface area (Å²) in [5, 5.41) is 11.7. The van der Waals surface area contributed by atoms with Gasteiger partial charge in [0.1, 0.15) is 0 Å². The van der Waals surface area contributed by atoms with Gasteiger partial charge < -0.3 is 20.2 Å². The molecule has 2 N–H and O–H groups in total. The minimum atomic E-state index is -3.80. The number of carboxylic acid groups (broad SMARTS) is 1. The molecule has 1 heterocycles. The maximum Gasteiger partial charge on any atom is 0.407 e. The smallest absolute Gasteiger partial charge is 0.407 e. The number of nitrogens with zero attached hydrogens (tertiary/aromatic N) is 2. The van der Waals surface area contributed by atoms with Crippen LogP contribution in [0.5, 0.6) is 0 Å². The van der Waals surface area contributed by atoms with Crippen molar-refractivity contribution in [1.29, 1.82) is 0 Å². The predicted octanol–water partition coefficient (Wildman–Crippen LogP) is 2.28. The van der Waals surface area contributed by atoms with Crippen LogP contribution in [0.1, 0.15) is 6.92 Å². The summed E-state index contributed by atoms with van der Waals surface area (Å²) < 4.78 is 26.0. The highest BCUT2D eigenvalue weighted by Gasteiger charge is 2.25. The molecule has 1 fully saturated rings. The summed E-state index contributed by atoms with van der Waals surface area (Å²) in [4.78, 5) is 26.2. The van der Waals surface area contributed by atoms with Crippen molar-refractivity contribution >= 4 is 33.2 Å². The van der Waals surface area contributed by atoms with Gasteiger partial charge in [0.05, 0.1) is 15.5 Å². The van der Waals surface area contributed by atoms with Gasteiger partial charge >= 0.3 is 6.09 Å². The number of amides is 2. The molecule has 0 bridgehead atoms. The van der Waals surface area contributed by atoms with Crippen LogP contribution in [0, 0.1) is 0 Å². The van der Waals surface area contributed by atoms with E-state index in [4.69, 9.17) is 5.11 Å². The number of carbonyl (C=O) groups is 2. The molecule has 2 aromatic rings. The highest BCUT2D eigenvalue weighted by atomic mass is 32.2.